The first-order valence-corrected chi connectivity index (χ1v) is 11.1. The predicted octanol–water partition coefficient (Wildman–Crippen LogP) is 4.59. The van der Waals surface area contributed by atoms with Crippen molar-refractivity contribution in [2.75, 3.05) is 22.1 Å². The Morgan fingerprint density at radius 2 is 1.82 bits per heavy atom. The zero-order chi connectivity index (χ0) is 23.2. The molecule has 7 heteroatoms. The molecule has 4 rings (SSSR count). The Morgan fingerprint density at radius 1 is 1.00 bits per heavy atom. The Hall–Kier alpha value is -3.71. The van der Waals surface area contributed by atoms with E-state index in [9.17, 15) is 14.0 Å². The number of hydrogen-bond acceptors (Lipinski definition) is 4. The fourth-order valence-corrected chi connectivity index (χ4v) is 3.98. The highest BCUT2D eigenvalue weighted by molar-refractivity contribution is 5.98. The van der Waals surface area contributed by atoms with E-state index in [0.717, 1.165) is 29.7 Å². The lowest BCUT2D eigenvalue weighted by atomic mass is 10.0. The normalized spacial score (nSPS) is 14.6. The van der Waals surface area contributed by atoms with E-state index in [4.69, 9.17) is 5.73 Å². The third-order valence-electron chi connectivity index (χ3n) is 5.70. The van der Waals surface area contributed by atoms with Crippen LogP contribution in [0.5, 0.6) is 0 Å². The number of nitrogens with one attached hydrogen (secondary N) is 2. The number of nitrogens with two attached hydrogens (primary N) is 1. The molecule has 0 spiro atoms. The molecule has 1 saturated heterocycles. The first-order chi connectivity index (χ1) is 16.0. The number of rotatable bonds is 7. The summed E-state index contributed by atoms with van der Waals surface area (Å²) in [6.45, 7) is 0.895. The highest BCUT2D eigenvalue weighted by Gasteiger charge is 2.24. The molecular formula is C26H27FN4O2. The molecule has 0 radical (unpaired) electrons. The van der Waals surface area contributed by atoms with E-state index in [1.54, 1.807) is 12.1 Å². The zero-order valence-electron chi connectivity index (χ0n) is 18.3. The molecule has 0 aromatic heterocycles. The molecule has 1 fully saturated rings. The highest BCUT2D eigenvalue weighted by atomic mass is 19.1. The van der Waals surface area contributed by atoms with E-state index in [0.29, 0.717) is 25.2 Å². The molecule has 0 unspecified atom stereocenters. The van der Waals surface area contributed by atoms with Gasteiger partial charge in [0.1, 0.15) is 11.9 Å². The van der Waals surface area contributed by atoms with Gasteiger partial charge in [0.05, 0.1) is 5.69 Å². The Bertz CT molecular complexity index is 1140. The summed E-state index contributed by atoms with van der Waals surface area (Å²) in [6, 6.07) is 20.6. The number of halogens is 1. The summed E-state index contributed by atoms with van der Waals surface area (Å²) in [5.74, 6) is -0.951. The zero-order valence-corrected chi connectivity index (χ0v) is 18.3. The number of carbonyl (C=O) groups excluding carboxylic acids is 2. The molecular weight excluding hydrogens is 419 g/mol. The molecule has 1 aliphatic rings. The van der Waals surface area contributed by atoms with Crippen LogP contribution in [-0.2, 0) is 16.1 Å². The van der Waals surface area contributed by atoms with Crippen molar-refractivity contribution in [2.45, 2.75) is 31.8 Å². The largest absolute Gasteiger partial charge is 0.370 e. The summed E-state index contributed by atoms with van der Waals surface area (Å²) in [6.07, 6.45) is 2.10. The molecule has 33 heavy (non-hydrogen) atoms. The van der Waals surface area contributed by atoms with Crippen molar-refractivity contribution in [1.29, 1.82) is 0 Å². The van der Waals surface area contributed by atoms with Crippen LogP contribution < -0.4 is 21.3 Å². The Balaban J connectivity index is 1.55. The van der Waals surface area contributed by atoms with Crippen molar-refractivity contribution in [2.24, 2.45) is 5.73 Å². The fourth-order valence-electron chi connectivity index (χ4n) is 3.98. The van der Waals surface area contributed by atoms with Crippen LogP contribution in [0, 0.1) is 5.82 Å². The van der Waals surface area contributed by atoms with Crippen LogP contribution in [0.25, 0.3) is 0 Å². The number of carbonyl (C=O) groups is 2. The molecule has 0 saturated carbocycles. The van der Waals surface area contributed by atoms with Gasteiger partial charge in [0.15, 0.2) is 0 Å². The van der Waals surface area contributed by atoms with Gasteiger partial charge >= 0.3 is 0 Å². The summed E-state index contributed by atoms with van der Waals surface area (Å²) in [5.41, 5.74) is 8.78. The maximum absolute atomic E-state index is 14.8. The second-order valence-electron chi connectivity index (χ2n) is 8.05. The van der Waals surface area contributed by atoms with Gasteiger partial charge in [-0.15, -0.1) is 0 Å². The standard InChI is InChI=1S/C26H27FN4O2/c27-22-16-21(12-13-23(22)31-14-5-4-11-24(31)32)30-26(33)25(19-8-2-1-3-9-19)29-20-10-6-7-18(15-20)17-28/h1-3,6-10,12-13,15-16,25,29H,4-5,11,14,17,28H2,(H,30,33)/t25-/m0/s1. The SMILES string of the molecule is NCc1cccc(N[C@H](C(=O)Nc2ccc(N3CCCCC3=O)c(F)c2)c2ccccc2)c1. The number of piperidine rings is 1. The van der Waals surface area contributed by atoms with Crippen LogP contribution in [0.3, 0.4) is 0 Å². The third-order valence-corrected chi connectivity index (χ3v) is 5.70. The van der Waals surface area contributed by atoms with Crippen molar-refractivity contribution in [3.05, 3.63) is 89.7 Å². The maximum atomic E-state index is 14.8. The number of anilines is 3. The van der Waals surface area contributed by atoms with Crippen LogP contribution in [0.4, 0.5) is 21.5 Å². The molecule has 3 aromatic rings. The van der Waals surface area contributed by atoms with Gasteiger partial charge in [0.2, 0.25) is 5.91 Å². The van der Waals surface area contributed by atoms with Gasteiger partial charge in [-0.1, -0.05) is 42.5 Å². The number of hydrogen-bond donors (Lipinski definition) is 3. The molecule has 1 atom stereocenters. The fraction of sp³-hybridized carbons (Fsp3) is 0.231. The van der Waals surface area contributed by atoms with Gasteiger partial charge in [0, 0.05) is 30.9 Å². The van der Waals surface area contributed by atoms with E-state index in [-0.39, 0.29) is 17.5 Å². The lowest BCUT2D eigenvalue weighted by Crippen LogP contribution is -2.35. The Kier molecular flexibility index (Phi) is 7.00. The minimum Gasteiger partial charge on any atom is -0.370 e. The lowest BCUT2D eigenvalue weighted by molar-refractivity contribution is -0.119. The molecule has 6 nitrogen and oxygen atoms in total. The average Bonchev–Trinajstić information content (AvgIpc) is 2.84. The van der Waals surface area contributed by atoms with Crippen molar-refractivity contribution in [3.8, 4) is 0 Å². The molecule has 2 amide bonds. The lowest BCUT2D eigenvalue weighted by Gasteiger charge is -2.27. The van der Waals surface area contributed by atoms with E-state index in [1.807, 2.05) is 54.6 Å². The van der Waals surface area contributed by atoms with E-state index in [2.05, 4.69) is 10.6 Å². The monoisotopic (exact) mass is 446 g/mol. The van der Waals surface area contributed by atoms with Crippen LogP contribution in [0.1, 0.15) is 36.4 Å². The molecule has 4 N–H and O–H groups in total. The van der Waals surface area contributed by atoms with Crippen LogP contribution in [0.15, 0.2) is 72.8 Å². The van der Waals surface area contributed by atoms with Crippen LogP contribution in [0.2, 0.25) is 0 Å². The number of benzene rings is 3. The molecule has 0 aliphatic carbocycles. The van der Waals surface area contributed by atoms with Crippen LogP contribution >= 0.6 is 0 Å². The first-order valence-electron chi connectivity index (χ1n) is 11.1. The maximum Gasteiger partial charge on any atom is 0.251 e. The predicted molar refractivity (Wildman–Crippen MR) is 128 cm³/mol. The van der Waals surface area contributed by atoms with Crippen molar-refractivity contribution in [3.63, 3.8) is 0 Å². The molecule has 1 heterocycles. The Labute approximate surface area is 192 Å². The third kappa shape index (κ3) is 5.38. The number of amides is 2. The molecule has 1 aliphatic heterocycles. The minimum absolute atomic E-state index is 0.0787. The van der Waals surface area contributed by atoms with Gasteiger partial charge < -0.3 is 21.3 Å². The summed E-state index contributed by atoms with van der Waals surface area (Å²) < 4.78 is 14.8. The van der Waals surface area contributed by atoms with Gasteiger partial charge in [-0.25, -0.2) is 4.39 Å². The summed E-state index contributed by atoms with van der Waals surface area (Å²) in [4.78, 5) is 26.9. The minimum atomic E-state index is -0.703. The van der Waals surface area contributed by atoms with Gasteiger partial charge in [-0.05, 0) is 54.3 Å². The summed E-state index contributed by atoms with van der Waals surface area (Å²) >= 11 is 0. The van der Waals surface area contributed by atoms with Gasteiger partial charge in [-0.3, -0.25) is 9.59 Å². The van der Waals surface area contributed by atoms with Crippen LogP contribution in [-0.4, -0.2) is 18.4 Å². The summed E-state index contributed by atoms with van der Waals surface area (Å²) in [7, 11) is 0. The summed E-state index contributed by atoms with van der Waals surface area (Å²) in [5, 5.41) is 6.06. The van der Waals surface area contributed by atoms with Crippen molar-refractivity contribution >= 4 is 28.9 Å². The second-order valence-corrected chi connectivity index (χ2v) is 8.05. The quantitative estimate of drug-likeness (QED) is 0.495. The Morgan fingerprint density at radius 3 is 2.55 bits per heavy atom. The molecule has 3 aromatic carbocycles. The van der Waals surface area contributed by atoms with Gasteiger partial charge in [0.25, 0.3) is 5.91 Å². The molecule has 170 valence electrons. The average molecular weight is 447 g/mol. The van der Waals surface area contributed by atoms with E-state index < -0.39 is 11.9 Å². The highest BCUT2D eigenvalue weighted by Crippen LogP contribution is 2.28. The van der Waals surface area contributed by atoms with Gasteiger partial charge in [-0.2, -0.15) is 0 Å². The smallest absolute Gasteiger partial charge is 0.251 e. The second kappa shape index (κ2) is 10.3. The molecule has 0 bridgehead atoms. The van der Waals surface area contributed by atoms with Crippen molar-refractivity contribution in [1.82, 2.24) is 0 Å². The van der Waals surface area contributed by atoms with Crippen molar-refractivity contribution < 1.29 is 14.0 Å². The number of nitrogens with zero attached hydrogens (tertiary/aromatic N) is 1. The first kappa shape index (κ1) is 22.5. The van der Waals surface area contributed by atoms with E-state index >= 15 is 0 Å². The topological polar surface area (TPSA) is 87.5 Å². The van der Waals surface area contributed by atoms with E-state index in [1.165, 1.54) is 11.0 Å².